The van der Waals surface area contributed by atoms with Crippen molar-refractivity contribution in [3.8, 4) is 0 Å². The Morgan fingerprint density at radius 1 is 0.833 bits per heavy atom. The second-order valence-electron chi connectivity index (χ2n) is 20.2. The summed E-state index contributed by atoms with van der Waals surface area (Å²) in [4.78, 5) is 111. The van der Waals surface area contributed by atoms with E-state index in [0.717, 1.165) is 6.92 Å². The van der Waals surface area contributed by atoms with Crippen LogP contribution in [0.25, 0.3) is 0 Å². The van der Waals surface area contributed by atoms with E-state index in [4.69, 9.17) is 23.7 Å². The van der Waals surface area contributed by atoms with Gasteiger partial charge in [0.25, 0.3) is 5.91 Å². The third-order valence-electron chi connectivity index (χ3n) is 15.1. The van der Waals surface area contributed by atoms with E-state index >= 15 is 9.59 Å². The summed E-state index contributed by atoms with van der Waals surface area (Å²) in [6.07, 6.45) is -10.9. The molecule has 3 aromatic rings. The van der Waals surface area contributed by atoms with Gasteiger partial charge in [-0.2, -0.15) is 0 Å². The van der Waals surface area contributed by atoms with Gasteiger partial charge in [-0.1, -0.05) is 94.4 Å². The molecule has 1 saturated heterocycles. The number of aldehydes is 1. The summed E-state index contributed by atoms with van der Waals surface area (Å²) in [5, 5.41) is 43.9. The highest BCUT2D eigenvalue weighted by Gasteiger charge is 2.77. The highest BCUT2D eigenvalue weighted by atomic mass is 16.6. The molecule has 1 aliphatic heterocycles. The van der Waals surface area contributed by atoms with Gasteiger partial charge < -0.3 is 54.4 Å². The standard InChI is InChI=1S/C54H62N2O16/c1-29(2)40(55-38(60)24-17-25-57)49(64)71-43(41(32-18-11-8-12-19-32)56-47(62)33-20-13-9-14-21-33)50(65)70-35-27-54(67)46(72-48(63)34-22-15-10-16-23-34)44-52(7,36(59)26-37-53(44,66)28-68-37)45(61)42(69-31(4)58)39(30(35)3)51(54,5)6/h8-16,18-23,25,29,35-37,40-44,46,59,66-67H,17,24,26-28H2,1-7H3,(H,55,60)(H,56,62)/t35-,36-,37+,40-,41-,42+,43+,44-,46-,52+,53-,54+/m0/s1. The van der Waals surface area contributed by atoms with Gasteiger partial charge in [0.15, 0.2) is 11.9 Å². The van der Waals surface area contributed by atoms with Crippen LogP contribution in [0.4, 0.5) is 0 Å². The van der Waals surface area contributed by atoms with Gasteiger partial charge in [-0.05, 0) is 60.7 Å². The van der Waals surface area contributed by atoms with Gasteiger partial charge in [-0.3, -0.25) is 19.2 Å². The van der Waals surface area contributed by atoms with Crippen molar-refractivity contribution in [1.82, 2.24) is 10.6 Å². The maximum absolute atomic E-state index is 15.5. The Morgan fingerprint density at radius 3 is 1.99 bits per heavy atom. The zero-order chi connectivity index (χ0) is 52.5. The molecule has 3 aliphatic carbocycles. The average molecular weight is 995 g/mol. The third-order valence-corrected chi connectivity index (χ3v) is 15.1. The van der Waals surface area contributed by atoms with Crippen LogP contribution in [-0.4, -0.2) is 124 Å². The highest BCUT2D eigenvalue weighted by molar-refractivity contribution is 5.96. The lowest BCUT2D eigenvalue weighted by Crippen LogP contribution is -2.81. The molecule has 384 valence electrons. The molecule has 0 unspecified atom stereocenters. The van der Waals surface area contributed by atoms with Gasteiger partial charge in [-0.25, -0.2) is 14.4 Å². The van der Waals surface area contributed by atoms with Gasteiger partial charge in [-0.15, -0.1) is 0 Å². The largest absolute Gasteiger partial charge is 0.455 e. The van der Waals surface area contributed by atoms with Crippen LogP contribution in [-0.2, 0) is 52.5 Å². The normalized spacial score (nSPS) is 29.5. The number of nitrogens with one attached hydrogen (secondary N) is 2. The molecule has 2 amide bonds. The molecule has 18 heteroatoms. The predicted octanol–water partition coefficient (Wildman–Crippen LogP) is 3.84. The van der Waals surface area contributed by atoms with Crippen molar-refractivity contribution in [2.45, 2.75) is 134 Å². The number of benzene rings is 3. The van der Waals surface area contributed by atoms with Gasteiger partial charge in [0.1, 0.15) is 41.8 Å². The van der Waals surface area contributed by atoms with E-state index in [1.54, 1.807) is 80.6 Å². The molecule has 3 aromatic carbocycles. The van der Waals surface area contributed by atoms with Gasteiger partial charge >= 0.3 is 23.9 Å². The number of hydrogen-bond donors (Lipinski definition) is 5. The maximum Gasteiger partial charge on any atom is 0.350 e. The van der Waals surface area contributed by atoms with Crippen LogP contribution in [0.5, 0.6) is 0 Å². The summed E-state index contributed by atoms with van der Waals surface area (Å²) < 4.78 is 30.4. The summed E-state index contributed by atoms with van der Waals surface area (Å²) >= 11 is 0. The van der Waals surface area contributed by atoms with E-state index in [9.17, 15) is 44.1 Å². The maximum atomic E-state index is 15.5. The molecule has 2 bridgehead atoms. The Labute approximate surface area is 416 Å². The van der Waals surface area contributed by atoms with E-state index in [1.165, 1.54) is 52.0 Å². The number of aliphatic hydroxyl groups is 3. The van der Waals surface area contributed by atoms with E-state index < -0.39 is 137 Å². The number of carbonyl (C=O) groups excluding carboxylic acids is 8. The van der Waals surface area contributed by atoms with Crippen LogP contribution in [0.3, 0.4) is 0 Å². The van der Waals surface area contributed by atoms with E-state index in [-0.39, 0.29) is 47.1 Å². The molecular weight excluding hydrogens is 933 g/mol. The highest BCUT2D eigenvalue weighted by Crippen LogP contribution is 2.63. The minimum atomic E-state index is -2.48. The molecule has 0 spiro atoms. The molecule has 0 radical (unpaired) electrons. The number of hydrogen-bond acceptors (Lipinski definition) is 16. The third kappa shape index (κ3) is 9.72. The first-order valence-corrected chi connectivity index (χ1v) is 24.0. The minimum Gasteiger partial charge on any atom is -0.455 e. The van der Waals surface area contributed by atoms with Crippen molar-refractivity contribution in [2.24, 2.45) is 22.7 Å². The van der Waals surface area contributed by atoms with Crippen LogP contribution in [0.1, 0.15) is 106 Å². The average Bonchev–Trinajstić information content (AvgIpc) is 3.35. The van der Waals surface area contributed by atoms with Gasteiger partial charge in [0.2, 0.25) is 12.0 Å². The summed E-state index contributed by atoms with van der Waals surface area (Å²) in [6.45, 7) is 9.80. The predicted molar refractivity (Wildman–Crippen MR) is 254 cm³/mol. The van der Waals surface area contributed by atoms with Crippen LogP contribution < -0.4 is 10.6 Å². The van der Waals surface area contributed by atoms with Crippen LogP contribution in [0, 0.1) is 22.7 Å². The first kappa shape index (κ1) is 53.2. The van der Waals surface area contributed by atoms with E-state index in [2.05, 4.69) is 10.6 Å². The van der Waals surface area contributed by atoms with Crippen molar-refractivity contribution in [3.63, 3.8) is 0 Å². The molecule has 7 rings (SSSR count). The fourth-order valence-electron chi connectivity index (χ4n) is 11.0. The van der Waals surface area contributed by atoms with Crippen LogP contribution in [0.2, 0.25) is 0 Å². The zero-order valence-corrected chi connectivity index (χ0v) is 41.2. The number of rotatable bonds is 16. The molecule has 4 aliphatic rings. The summed E-state index contributed by atoms with van der Waals surface area (Å²) in [5.74, 6) is -8.83. The SMILES string of the molecule is CC(=O)O[C@H]1C(=O)[C@@]2(C)[C@H]([C@H](OC(=O)c3ccccc3)[C@]3(O)C[C@H](OC(=O)[C@H](OC(=O)[C@@H](NC(=O)CCC=O)C(C)C)[C@@H](NC(=O)c4ccccc4)c4ccccc4)C(C)=C1C3(C)C)[C@]1(O)CO[C@@H]1C[C@@H]2O. The fourth-order valence-corrected chi connectivity index (χ4v) is 11.0. The topological polar surface area (TPSA) is 267 Å². The number of fused-ring (bicyclic) bond motifs is 5. The molecule has 2 saturated carbocycles. The Morgan fingerprint density at radius 2 is 1.43 bits per heavy atom. The number of amides is 2. The van der Waals surface area contributed by atoms with Crippen molar-refractivity contribution in [2.75, 3.05) is 6.61 Å². The number of carbonyl (C=O) groups is 8. The Hall–Kier alpha value is -6.60. The number of aliphatic hydroxyl groups excluding tert-OH is 1. The molecule has 3 fully saturated rings. The molecule has 1 heterocycles. The molecule has 12 atom stereocenters. The Balaban J connectivity index is 1.40. The molecule has 5 N–H and O–H groups in total. The van der Waals surface area contributed by atoms with Crippen molar-refractivity contribution < 1.29 is 77.4 Å². The molecule has 0 aromatic heterocycles. The molecule has 72 heavy (non-hydrogen) atoms. The Kier molecular flexibility index (Phi) is 15.4. The van der Waals surface area contributed by atoms with Gasteiger partial charge in [0, 0.05) is 49.5 Å². The van der Waals surface area contributed by atoms with E-state index in [0.29, 0.717) is 6.29 Å². The zero-order valence-electron chi connectivity index (χ0n) is 41.2. The second-order valence-corrected chi connectivity index (χ2v) is 20.2. The lowest BCUT2D eigenvalue weighted by Gasteiger charge is -2.66. The smallest absolute Gasteiger partial charge is 0.350 e. The second kappa shape index (κ2) is 20.9. The lowest BCUT2D eigenvalue weighted by atomic mass is 9.44. The summed E-state index contributed by atoms with van der Waals surface area (Å²) in [7, 11) is 0. The minimum absolute atomic E-state index is 0.0380. The number of esters is 4. The number of ketones is 1. The molecular formula is C54H62N2O16. The van der Waals surface area contributed by atoms with Crippen molar-refractivity contribution in [3.05, 3.63) is 119 Å². The van der Waals surface area contributed by atoms with Crippen LogP contribution in [0.15, 0.2) is 102 Å². The quantitative estimate of drug-likeness (QED) is 0.0591. The van der Waals surface area contributed by atoms with Crippen molar-refractivity contribution >= 4 is 47.8 Å². The van der Waals surface area contributed by atoms with E-state index in [1.807, 2.05) is 0 Å². The summed E-state index contributed by atoms with van der Waals surface area (Å²) in [5.41, 5.74) is -7.82. The Bertz CT molecular complexity index is 2600. The number of ether oxygens (including phenoxy) is 5. The van der Waals surface area contributed by atoms with Crippen molar-refractivity contribution in [1.29, 1.82) is 0 Å². The first-order valence-electron chi connectivity index (χ1n) is 24.0. The molecule has 18 nitrogen and oxygen atoms in total. The fraction of sp³-hybridized carbons (Fsp3) is 0.481. The van der Waals surface area contributed by atoms with Gasteiger partial charge in [0.05, 0.1) is 29.8 Å². The number of Topliss-reactive ketones (excluding diaryl/α,β-unsaturated/α-hetero) is 1. The monoisotopic (exact) mass is 994 g/mol. The summed E-state index contributed by atoms with van der Waals surface area (Å²) in [6, 6.07) is 20.9. The van der Waals surface area contributed by atoms with Crippen LogP contribution >= 0.6 is 0 Å². The first-order chi connectivity index (χ1) is 34.0. The lowest BCUT2D eigenvalue weighted by molar-refractivity contribution is -0.343.